The second-order valence-corrected chi connectivity index (χ2v) is 15.8. The summed E-state index contributed by atoms with van der Waals surface area (Å²) >= 11 is -2.00. The molecule has 10 nitrogen and oxygen atoms in total. The van der Waals surface area contributed by atoms with Crippen molar-refractivity contribution >= 4 is 28.3 Å². The highest BCUT2D eigenvalue weighted by molar-refractivity contribution is 7.90. The summed E-state index contributed by atoms with van der Waals surface area (Å²) in [5.41, 5.74) is -1.33. The molecule has 1 saturated heterocycles. The Labute approximate surface area is 292 Å². The Morgan fingerprint density at radius 3 is 2.12 bits per heavy atom. The molecule has 0 spiro atoms. The first kappa shape index (κ1) is 38.3. The number of hydrogen-bond acceptors (Lipinski definition) is 7. The molecule has 1 unspecified atom stereocenters. The van der Waals surface area contributed by atoms with Crippen LogP contribution in [0.15, 0.2) is 65.7 Å². The van der Waals surface area contributed by atoms with Gasteiger partial charge in [-0.15, -0.1) is 4.72 Å². The number of fused-ring (bicyclic) bond motifs is 1. The number of piperidine rings is 1. The van der Waals surface area contributed by atoms with Gasteiger partial charge >= 0.3 is 12.4 Å². The third-order valence-electron chi connectivity index (χ3n) is 8.93. The Bertz CT molecular complexity index is 1900. The number of carbonyl (C=O) groups is 1. The molecule has 0 radical (unpaired) electrons. The van der Waals surface area contributed by atoms with E-state index in [4.69, 9.17) is 0 Å². The quantitative estimate of drug-likeness (QED) is 0.170. The van der Waals surface area contributed by atoms with Crippen LogP contribution in [0.25, 0.3) is 22.3 Å². The van der Waals surface area contributed by atoms with Crippen molar-refractivity contribution in [2.24, 2.45) is 7.05 Å². The summed E-state index contributed by atoms with van der Waals surface area (Å²) in [6, 6.07) is 10.4. The molecular formula is C34H38F6N6O4S. The van der Waals surface area contributed by atoms with Crippen molar-refractivity contribution in [3.63, 3.8) is 0 Å². The van der Waals surface area contributed by atoms with Gasteiger partial charge in [-0.2, -0.15) is 31.4 Å². The molecule has 5 rings (SSSR count). The molecule has 1 fully saturated rings. The predicted octanol–water partition coefficient (Wildman–Crippen LogP) is 5.54. The van der Waals surface area contributed by atoms with E-state index in [0.29, 0.717) is 11.3 Å². The van der Waals surface area contributed by atoms with Crippen LogP contribution in [0.4, 0.5) is 26.3 Å². The number of alkyl halides is 6. The molecule has 0 aliphatic carbocycles. The number of aromatic nitrogens is 4. The molecule has 0 bridgehead atoms. The van der Waals surface area contributed by atoms with Crippen LogP contribution in [0.2, 0.25) is 0 Å². The van der Waals surface area contributed by atoms with Gasteiger partial charge in [0.15, 0.2) is 11.6 Å². The molecule has 2 aromatic heterocycles. The van der Waals surface area contributed by atoms with E-state index in [9.17, 15) is 45.6 Å². The van der Waals surface area contributed by atoms with Gasteiger partial charge in [-0.1, -0.05) is 54.6 Å². The van der Waals surface area contributed by atoms with Crippen LogP contribution in [0.1, 0.15) is 63.1 Å². The SMILES string of the molecule is Cn1nc2c(=O)n(CC3(O)CCN(C(=O)CC(c4ccccc4)C(F)(F)F)CC3)cnc2c1-c1ccc([C@H](N[S@+]([O-])C(C)(C)C)C(F)(F)F)cc1. The number of aryl methyl sites for hydroxylation is 1. The second kappa shape index (κ2) is 14.2. The molecule has 1 aliphatic rings. The first-order valence-corrected chi connectivity index (χ1v) is 17.2. The topological polar surface area (TPSA) is 128 Å². The van der Waals surface area contributed by atoms with E-state index in [2.05, 4.69) is 14.8 Å². The van der Waals surface area contributed by atoms with Gasteiger partial charge in [0, 0.05) is 43.5 Å². The summed E-state index contributed by atoms with van der Waals surface area (Å²) in [7, 11) is 1.54. The predicted molar refractivity (Wildman–Crippen MR) is 179 cm³/mol. The summed E-state index contributed by atoms with van der Waals surface area (Å²) < 4.78 is 99.6. The van der Waals surface area contributed by atoms with E-state index in [1.807, 2.05) is 0 Å². The third kappa shape index (κ3) is 8.59. The minimum atomic E-state index is -4.73. The Hall–Kier alpha value is -3.93. The fourth-order valence-electron chi connectivity index (χ4n) is 6.03. The molecule has 276 valence electrons. The van der Waals surface area contributed by atoms with Crippen molar-refractivity contribution in [3.8, 4) is 11.3 Å². The van der Waals surface area contributed by atoms with E-state index in [0.717, 1.165) is 0 Å². The van der Waals surface area contributed by atoms with Crippen LogP contribution in [-0.4, -0.2) is 75.6 Å². The number of amides is 1. The lowest BCUT2D eigenvalue weighted by molar-refractivity contribution is -0.162. The second-order valence-electron chi connectivity index (χ2n) is 13.8. The van der Waals surface area contributed by atoms with Gasteiger partial charge in [-0.05, 0) is 44.7 Å². The minimum absolute atomic E-state index is 0.00216. The lowest BCUT2D eigenvalue weighted by atomic mass is 9.90. The molecule has 2 N–H and O–H groups in total. The molecule has 4 aromatic rings. The fraction of sp³-hybridized carbons (Fsp3) is 0.471. The normalized spacial score (nSPS) is 17.4. The molecule has 0 saturated carbocycles. The van der Waals surface area contributed by atoms with Crippen LogP contribution in [0.3, 0.4) is 0 Å². The van der Waals surface area contributed by atoms with Crippen molar-refractivity contribution in [3.05, 3.63) is 82.4 Å². The first-order chi connectivity index (χ1) is 23.7. The Kier molecular flexibility index (Phi) is 10.7. The number of hydrogen-bond donors (Lipinski definition) is 2. The van der Waals surface area contributed by atoms with E-state index in [1.54, 1.807) is 33.9 Å². The number of nitrogens with one attached hydrogen (secondary N) is 1. The molecule has 2 aromatic carbocycles. The average Bonchev–Trinajstić information content (AvgIpc) is 3.39. The van der Waals surface area contributed by atoms with Crippen LogP contribution >= 0.6 is 0 Å². The lowest BCUT2D eigenvalue weighted by Gasteiger charge is -2.39. The zero-order valence-corrected chi connectivity index (χ0v) is 29.1. The van der Waals surface area contributed by atoms with Gasteiger partial charge in [0.1, 0.15) is 10.3 Å². The highest BCUT2D eigenvalue weighted by atomic mass is 32.2. The summed E-state index contributed by atoms with van der Waals surface area (Å²) in [4.78, 5) is 32.1. The van der Waals surface area contributed by atoms with Crippen molar-refractivity contribution < 1.29 is 40.8 Å². The number of halogens is 6. The van der Waals surface area contributed by atoms with Crippen LogP contribution in [0.5, 0.6) is 0 Å². The van der Waals surface area contributed by atoms with E-state index >= 15 is 0 Å². The van der Waals surface area contributed by atoms with Gasteiger partial charge in [0.2, 0.25) is 5.91 Å². The van der Waals surface area contributed by atoms with E-state index in [1.165, 1.54) is 69.0 Å². The number of rotatable bonds is 9. The fourth-order valence-corrected chi connectivity index (χ4v) is 6.87. The summed E-state index contributed by atoms with van der Waals surface area (Å²) in [5, 5.41) is 15.6. The zero-order chi connectivity index (χ0) is 37.5. The molecule has 1 amide bonds. The molecule has 1 aliphatic heterocycles. The number of benzene rings is 2. The maximum Gasteiger partial charge on any atom is 0.412 e. The van der Waals surface area contributed by atoms with Crippen LogP contribution < -0.4 is 10.3 Å². The molecule has 3 atom stereocenters. The van der Waals surface area contributed by atoms with Crippen molar-refractivity contribution in [1.82, 2.24) is 29.0 Å². The van der Waals surface area contributed by atoms with Gasteiger partial charge in [-0.3, -0.25) is 18.8 Å². The van der Waals surface area contributed by atoms with Crippen molar-refractivity contribution in [2.75, 3.05) is 13.1 Å². The molecule has 3 heterocycles. The minimum Gasteiger partial charge on any atom is -0.598 e. The van der Waals surface area contributed by atoms with Crippen molar-refractivity contribution in [2.45, 2.75) is 81.2 Å². The van der Waals surface area contributed by atoms with Gasteiger partial charge in [0.05, 0.1) is 30.1 Å². The number of aliphatic hydroxyl groups is 1. The first-order valence-electron chi connectivity index (χ1n) is 16.1. The standard InChI is InChI=1S/C34H38F6N6O4S/c1-31(2,3)51(50)43-29(34(38,39)40)23-12-10-22(11-13-23)28-26-27(42-44(28)4)30(48)46(20-41-26)19-32(49)14-16-45(17-15-32)25(47)18-24(33(35,36)37)21-8-6-5-7-9-21/h5-13,20,24,29,43,49H,14-19H2,1-4H3/t24?,29-,51+/m0/s1. The lowest BCUT2D eigenvalue weighted by Crippen LogP contribution is -2.50. The van der Waals surface area contributed by atoms with Crippen molar-refractivity contribution in [1.29, 1.82) is 0 Å². The van der Waals surface area contributed by atoms with Crippen LogP contribution in [-0.2, 0) is 29.7 Å². The molecular weight excluding hydrogens is 702 g/mol. The van der Waals surface area contributed by atoms with Gasteiger partial charge < -0.3 is 14.6 Å². The highest BCUT2D eigenvalue weighted by Crippen LogP contribution is 2.39. The zero-order valence-electron chi connectivity index (χ0n) is 28.3. The summed E-state index contributed by atoms with van der Waals surface area (Å²) in [6.07, 6.45) is -8.90. The Balaban J connectivity index is 1.30. The largest absolute Gasteiger partial charge is 0.598 e. The smallest absolute Gasteiger partial charge is 0.412 e. The maximum atomic E-state index is 13.9. The monoisotopic (exact) mass is 740 g/mol. The summed E-state index contributed by atoms with van der Waals surface area (Å²) in [6.45, 7) is 4.42. The molecule has 17 heteroatoms. The number of nitrogens with zero attached hydrogens (tertiary/aromatic N) is 5. The van der Waals surface area contributed by atoms with Crippen LogP contribution in [0, 0.1) is 0 Å². The molecule has 51 heavy (non-hydrogen) atoms. The Morgan fingerprint density at radius 1 is 0.961 bits per heavy atom. The van der Waals surface area contributed by atoms with E-state index in [-0.39, 0.29) is 54.6 Å². The highest BCUT2D eigenvalue weighted by Gasteiger charge is 2.46. The number of carbonyl (C=O) groups excluding carboxylic acids is 1. The van der Waals surface area contributed by atoms with Gasteiger partial charge in [0.25, 0.3) is 5.56 Å². The average molecular weight is 741 g/mol. The maximum absolute atomic E-state index is 13.9. The summed E-state index contributed by atoms with van der Waals surface area (Å²) in [5.74, 6) is -2.66. The third-order valence-corrected chi connectivity index (χ3v) is 10.5. The Morgan fingerprint density at radius 2 is 1.57 bits per heavy atom. The van der Waals surface area contributed by atoms with E-state index < -0.39 is 63.9 Å². The van der Waals surface area contributed by atoms with Gasteiger partial charge in [-0.25, -0.2) is 4.98 Å². The number of likely N-dealkylation sites (tertiary alicyclic amines) is 1.